The third-order valence-corrected chi connectivity index (χ3v) is 3.81. The second kappa shape index (κ2) is 13.3. The molecule has 0 atom stereocenters. The Balaban J connectivity index is 0.00000364. The highest BCUT2D eigenvalue weighted by Crippen LogP contribution is 2.12. The summed E-state index contributed by atoms with van der Waals surface area (Å²) in [5.74, 6) is 1.32. The first-order valence-corrected chi connectivity index (χ1v) is 8.61. The molecular weight excluding hydrogens is 460 g/mol. The van der Waals surface area contributed by atoms with Gasteiger partial charge in [0.2, 0.25) is 0 Å². The second-order valence-electron chi connectivity index (χ2n) is 5.68. The van der Waals surface area contributed by atoms with Gasteiger partial charge in [-0.05, 0) is 35.7 Å². The van der Waals surface area contributed by atoms with E-state index in [-0.39, 0.29) is 29.8 Å². The lowest BCUT2D eigenvalue weighted by molar-refractivity contribution is 0.146. The number of hydrogen-bond donors (Lipinski definition) is 2. The first-order chi connectivity index (χ1) is 12.7. The third kappa shape index (κ3) is 8.57. The Hall–Kier alpha value is -1.87. The minimum Gasteiger partial charge on any atom is -0.491 e. The van der Waals surface area contributed by atoms with Crippen molar-refractivity contribution in [2.75, 3.05) is 33.9 Å². The zero-order valence-corrected chi connectivity index (χ0v) is 18.0. The van der Waals surface area contributed by atoms with E-state index in [1.54, 1.807) is 26.3 Å². The van der Waals surface area contributed by atoms with Gasteiger partial charge >= 0.3 is 0 Å². The SMILES string of the molecule is CN=C(NCCc1ccccc1F)NCc1ccc(OCCOC)cc1.I. The van der Waals surface area contributed by atoms with Crippen LogP contribution in [0.1, 0.15) is 11.1 Å². The molecule has 2 aromatic rings. The summed E-state index contributed by atoms with van der Waals surface area (Å²) in [6, 6.07) is 14.7. The van der Waals surface area contributed by atoms with Gasteiger partial charge in [0.05, 0.1) is 6.61 Å². The topological polar surface area (TPSA) is 54.9 Å². The Morgan fingerprint density at radius 1 is 1.04 bits per heavy atom. The predicted octanol–water partition coefficient (Wildman–Crippen LogP) is 3.38. The molecule has 0 aliphatic rings. The molecule has 2 N–H and O–H groups in total. The molecule has 148 valence electrons. The molecule has 5 nitrogen and oxygen atoms in total. The van der Waals surface area contributed by atoms with Crippen molar-refractivity contribution in [3.63, 3.8) is 0 Å². The number of guanidine groups is 1. The monoisotopic (exact) mass is 487 g/mol. The van der Waals surface area contributed by atoms with Crippen LogP contribution in [0.25, 0.3) is 0 Å². The van der Waals surface area contributed by atoms with E-state index in [0.717, 1.165) is 11.3 Å². The van der Waals surface area contributed by atoms with Crippen molar-refractivity contribution in [3.8, 4) is 5.75 Å². The fourth-order valence-corrected chi connectivity index (χ4v) is 2.37. The number of ether oxygens (including phenoxy) is 2. The van der Waals surface area contributed by atoms with Crippen molar-refractivity contribution in [2.45, 2.75) is 13.0 Å². The van der Waals surface area contributed by atoms with E-state index in [2.05, 4.69) is 15.6 Å². The van der Waals surface area contributed by atoms with Crippen molar-refractivity contribution in [2.24, 2.45) is 4.99 Å². The molecule has 0 saturated carbocycles. The van der Waals surface area contributed by atoms with Crippen molar-refractivity contribution in [3.05, 3.63) is 65.5 Å². The van der Waals surface area contributed by atoms with E-state index < -0.39 is 0 Å². The molecule has 0 unspecified atom stereocenters. The van der Waals surface area contributed by atoms with Gasteiger partial charge in [0.1, 0.15) is 18.2 Å². The number of aliphatic imine (C=N–C) groups is 1. The molecule has 2 aromatic carbocycles. The van der Waals surface area contributed by atoms with E-state index in [0.29, 0.717) is 44.2 Å². The molecule has 0 amide bonds. The van der Waals surface area contributed by atoms with Crippen LogP contribution >= 0.6 is 24.0 Å². The van der Waals surface area contributed by atoms with Crippen LogP contribution in [0.2, 0.25) is 0 Å². The lowest BCUT2D eigenvalue weighted by Crippen LogP contribution is -2.37. The normalized spacial score (nSPS) is 10.9. The maximum atomic E-state index is 13.6. The summed E-state index contributed by atoms with van der Waals surface area (Å²) in [5.41, 5.74) is 1.81. The molecule has 2 rings (SSSR count). The summed E-state index contributed by atoms with van der Waals surface area (Å²) in [4.78, 5) is 4.19. The summed E-state index contributed by atoms with van der Waals surface area (Å²) in [7, 11) is 3.36. The van der Waals surface area contributed by atoms with Crippen molar-refractivity contribution in [1.29, 1.82) is 0 Å². The minimum absolute atomic E-state index is 0. The standard InChI is InChI=1S/C20H26FN3O2.HI/c1-22-20(23-12-11-17-5-3-4-6-19(17)21)24-15-16-7-9-18(10-8-16)26-14-13-25-2;/h3-10H,11-15H2,1-2H3,(H2,22,23,24);1H. The Kier molecular flexibility index (Phi) is 11.4. The molecule has 0 aliphatic heterocycles. The van der Waals surface area contributed by atoms with Crippen LogP contribution in [0.3, 0.4) is 0 Å². The maximum absolute atomic E-state index is 13.6. The molecule has 0 aromatic heterocycles. The number of benzene rings is 2. The molecular formula is C20H27FIN3O2. The third-order valence-electron chi connectivity index (χ3n) is 3.81. The number of hydrogen-bond acceptors (Lipinski definition) is 3. The Morgan fingerprint density at radius 3 is 2.44 bits per heavy atom. The summed E-state index contributed by atoms with van der Waals surface area (Å²) >= 11 is 0. The largest absolute Gasteiger partial charge is 0.491 e. The van der Waals surface area contributed by atoms with E-state index in [1.165, 1.54) is 6.07 Å². The van der Waals surface area contributed by atoms with Crippen LogP contribution in [0, 0.1) is 5.82 Å². The minimum atomic E-state index is -0.176. The zero-order valence-electron chi connectivity index (χ0n) is 15.7. The maximum Gasteiger partial charge on any atom is 0.191 e. The highest BCUT2D eigenvalue weighted by molar-refractivity contribution is 14.0. The molecule has 0 radical (unpaired) electrons. The number of methoxy groups -OCH3 is 1. The van der Waals surface area contributed by atoms with Crippen LogP contribution in [-0.2, 0) is 17.7 Å². The fraction of sp³-hybridized carbons (Fsp3) is 0.350. The van der Waals surface area contributed by atoms with E-state index in [9.17, 15) is 4.39 Å². The molecule has 0 spiro atoms. The number of nitrogens with zero attached hydrogens (tertiary/aromatic N) is 1. The van der Waals surface area contributed by atoms with Crippen LogP contribution in [0.15, 0.2) is 53.5 Å². The summed E-state index contributed by atoms with van der Waals surface area (Å²) in [6.07, 6.45) is 0.598. The Labute approximate surface area is 177 Å². The lowest BCUT2D eigenvalue weighted by Gasteiger charge is -2.12. The molecule has 0 bridgehead atoms. The van der Waals surface area contributed by atoms with Crippen LogP contribution in [0.4, 0.5) is 4.39 Å². The fourth-order valence-electron chi connectivity index (χ4n) is 2.37. The molecule has 27 heavy (non-hydrogen) atoms. The smallest absolute Gasteiger partial charge is 0.191 e. The Bertz CT molecular complexity index is 696. The van der Waals surface area contributed by atoms with Gasteiger partial charge in [-0.3, -0.25) is 4.99 Å². The number of halogens is 2. The van der Waals surface area contributed by atoms with Crippen LogP contribution in [0.5, 0.6) is 5.75 Å². The van der Waals surface area contributed by atoms with Gasteiger partial charge in [-0.2, -0.15) is 0 Å². The number of rotatable bonds is 9. The van der Waals surface area contributed by atoms with Gasteiger partial charge in [0.15, 0.2) is 5.96 Å². The van der Waals surface area contributed by atoms with Gasteiger partial charge in [-0.25, -0.2) is 4.39 Å². The predicted molar refractivity (Wildman–Crippen MR) is 118 cm³/mol. The first kappa shape index (κ1) is 23.2. The van der Waals surface area contributed by atoms with Crippen LogP contribution in [-0.4, -0.2) is 39.9 Å². The highest BCUT2D eigenvalue weighted by Gasteiger charge is 2.02. The average molecular weight is 487 g/mol. The van der Waals surface area contributed by atoms with E-state index in [4.69, 9.17) is 9.47 Å². The van der Waals surface area contributed by atoms with E-state index in [1.807, 2.05) is 30.3 Å². The van der Waals surface area contributed by atoms with Gasteiger partial charge in [-0.15, -0.1) is 24.0 Å². The molecule has 0 aliphatic carbocycles. The van der Waals surface area contributed by atoms with Crippen molar-refractivity contribution >= 4 is 29.9 Å². The summed E-state index contributed by atoms with van der Waals surface area (Å²) < 4.78 is 24.1. The summed E-state index contributed by atoms with van der Waals surface area (Å²) in [5, 5.41) is 6.44. The van der Waals surface area contributed by atoms with Crippen molar-refractivity contribution < 1.29 is 13.9 Å². The van der Waals surface area contributed by atoms with Gasteiger partial charge in [-0.1, -0.05) is 30.3 Å². The first-order valence-electron chi connectivity index (χ1n) is 8.61. The molecule has 0 fully saturated rings. The molecule has 0 heterocycles. The number of nitrogens with one attached hydrogen (secondary N) is 2. The summed E-state index contributed by atoms with van der Waals surface area (Å²) in [6.45, 7) is 2.34. The second-order valence-corrected chi connectivity index (χ2v) is 5.68. The van der Waals surface area contributed by atoms with Gasteiger partial charge < -0.3 is 20.1 Å². The zero-order chi connectivity index (χ0) is 18.6. The van der Waals surface area contributed by atoms with Crippen molar-refractivity contribution in [1.82, 2.24) is 10.6 Å². The Morgan fingerprint density at radius 2 is 1.78 bits per heavy atom. The molecule has 0 saturated heterocycles. The molecule has 7 heteroatoms. The van der Waals surface area contributed by atoms with Gasteiger partial charge in [0.25, 0.3) is 0 Å². The van der Waals surface area contributed by atoms with Gasteiger partial charge in [0, 0.05) is 27.2 Å². The van der Waals surface area contributed by atoms with Crippen LogP contribution < -0.4 is 15.4 Å². The quantitative estimate of drug-likeness (QED) is 0.247. The lowest BCUT2D eigenvalue weighted by atomic mass is 10.1. The average Bonchev–Trinajstić information content (AvgIpc) is 2.67. The highest BCUT2D eigenvalue weighted by atomic mass is 127. The van der Waals surface area contributed by atoms with E-state index >= 15 is 0 Å².